The smallest absolute Gasteiger partial charge is 0.231 e. The van der Waals surface area contributed by atoms with Crippen molar-refractivity contribution in [3.63, 3.8) is 0 Å². The van der Waals surface area contributed by atoms with E-state index in [0.717, 1.165) is 22.6 Å². The van der Waals surface area contributed by atoms with Crippen molar-refractivity contribution >= 4 is 11.1 Å². The number of hydrogen-bond donors (Lipinski definition) is 1. The van der Waals surface area contributed by atoms with Crippen molar-refractivity contribution < 1.29 is 13.5 Å². The number of aromatic nitrogens is 4. The standard InChI is InChI=1S/C30H30FN5O2/c1-18(20-10-7-11-20)32-16-19-14-24-28(25(15-19)37-3)38-30(34-24)27-23(31)13-12-22(21-8-5-4-6-9-21)26(27)29-35-33-17-36(29)2/h4-6,8-9,12-15,17-18,20,32H,7,10-11,16H2,1-3H3/t18-/m0/s1. The minimum atomic E-state index is -0.454. The first kappa shape index (κ1) is 24.3. The van der Waals surface area contributed by atoms with Crippen molar-refractivity contribution in [3.8, 4) is 39.7 Å². The summed E-state index contributed by atoms with van der Waals surface area (Å²) in [7, 11) is 3.44. The molecule has 38 heavy (non-hydrogen) atoms. The molecule has 1 N–H and O–H groups in total. The largest absolute Gasteiger partial charge is 0.493 e. The molecule has 7 nitrogen and oxygen atoms in total. The summed E-state index contributed by atoms with van der Waals surface area (Å²) in [5.41, 5.74) is 4.66. The minimum Gasteiger partial charge on any atom is -0.493 e. The highest BCUT2D eigenvalue weighted by Gasteiger charge is 2.26. The van der Waals surface area contributed by atoms with Gasteiger partial charge in [0.2, 0.25) is 5.89 Å². The summed E-state index contributed by atoms with van der Waals surface area (Å²) in [5.74, 6) is 1.53. The van der Waals surface area contributed by atoms with Gasteiger partial charge in [-0.05, 0) is 60.6 Å². The third-order valence-electron chi connectivity index (χ3n) is 7.61. The number of ether oxygens (including phenoxy) is 1. The van der Waals surface area contributed by atoms with Gasteiger partial charge in [0.05, 0.1) is 12.7 Å². The Morgan fingerprint density at radius 3 is 2.63 bits per heavy atom. The number of methoxy groups -OCH3 is 1. The third kappa shape index (κ3) is 4.35. The number of nitrogens with zero attached hydrogens (tertiary/aromatic N) is 4. The van der Waals surface area contributed by atoms with E-state index in [2.05, 4.69) is 22.4 Å². The molecular weight excluding hydrogens is 481 g/mol. The van der Waals surface area contributed by atoms with Crippen molar-refractivity contribution in [2.45, 2.75) is 38.8 Å². The monoisotopic (exact) mass is 511 g/mol. The average molecular weight is 512 g/mol. The molecule has 1 saturated carbocycles. The van der Waals surface area contributed by atoms with E-state index in [-0.39, 0.29) is 11.5 Å². The van der Waals surface area contributed by atoms with Gasteiger partial charge in [-0.3, -0.25) is 0 Å². The van der Waals surface area contributed by atoms with Crippen molar-refractivity contribution in [3.05, 3.63) is 72.3 Å². The third-order valence-corrected chi connectivity index (χ3v) is 7.61. The van der Waals surface area contributed by atoms with E-state index >= 15 is 4.39 Å². The molecule has 2 heterocycles. The molecule has 5 aromatic rings. The van der Waals surface area contributed by atoms with Gasteiger partial charge in [-0.2, -0.15) is 0 Å². The molecule has 1 atom stereocenters. The number of oxazole rings is 1. The zero-order valence-corrected chi connectivity index (χ0v) is 21.7. The van der Waals surface area contributed by atoms with Gasteiger partial charge < -0.3 is 19.0 Å². The van der Waals surface area contributed by atoms with Crippen molar-refractivity contribution in [2.75, 3.05) is 7.11 Å². The van der Waals surface area contributed by atoms with Gasteiger partial charge in [-0.1, -0.05) is 42.8 Å². The summed E-state index contributed by atoms with van der Waals surface area (Å²) >= 11 is 0. The van der Waals surface area contributed by atoms with Crippen LogP contribution in [0.4, 0.5) is 4.39 Å². The minimum absolute atomic E-state index is 0.166. The molecule has 0 amide bonds. The van der Waals surface area contributed by atoms with Crippen LogP contribution in [0.15, 0.2) is 65.3 Å². The van der Waals surface area contributed by atoms with Gasteiger partial charge >= 0.3 is 0 Å². The number of fused-ring (bicyclic) bond motifs is 1. The Hall–Kier alpha value is -4.04. The number of hydrogen-bond acceptors (Lipinski definition) is 6. The zero-order valence-electron chi connectivity index (χ0n) is 21.7. The lowest BCUT2D eigenvalue weighted by Gasteiger charge is -2.32. The summed E-state index contributed by atoms with van der Waals surface area (Å²) in [5, 5.41) is 12.0. The highest BCUT2D eigenvalue weighted by molar-refractivity contribution is 5.92. The Morgan fingerprint density at radius 2 is 1.95 bits per heavy atom. The molecule has 0 unspecified atom stereocenters. The normalized spacial score (nSPS) is 14.5. The molecule has 3 aromatic carbocycles. The number of halogens is 1. The summed E-state index contributed by atoms with van der Waals surface area (Å²) in [6.45, 7) is 2.93. The molecule has 1 fully saturated rings. The van der Waals surface area contributed by atoms with Crippen LogP contribution in [0.25, 0.3) is 45.1 Å². The lowest BCUT2D eigenvalue weighted by molar-refractivity contribution is 0.240. The predicted molar refractivity (Wildman–Crippen MR) is 145 cm³/mol. The maximum absolute atomic E-state index is 15.7. The second-order valence-electron chi connectivity index (χ2n) is 10.0. The maximum Gasteiger partial charge on any atom is 0.231 e. The second-order valence-corrected chi connectivity index (χ2v) is 10.0. The molecule has 6 rings (SSSR count). The predicted octanol–water partition coefficient (Wildman–Crippen LogP) is 6.38. The van der Waals surface area contributed by atoms with Crippen LogP contribution in [0.2, 0.25) is 0 Å². The molecule has 0 saturated heterocycles. The Kier molecular flexibility index (Phi) is 6.41. The van der Waals surface area contributed by atoms with E-state index in [4.69, 9.17) is 14.1 Å². The van der Waals surface area contributed by atoms with E-state index in [9.17, 15) is 0 Å². The van der Waals surface area contributed by atoms with E-state index in [1.54, 1.807) is 24.1 Å². The van der Waals surface area contributed by atoms with Crippen LogP contribution in [-0.2, 0) is 13.6 Å². The van der Waals surface area contributed by atoms with Crippen molar-refractivity contribution in [1.82, 2.24) is 25.1 Å². The Labute approximate surface area is 220 Å². The summed E-state index contributed by atoms with van der Waals surface area (Å²) < 4.78 is 29.3. The molecule has 0 radical (unpaired) electrons. The van der Waals surface area contributed by atoms with Gasteiger partial charge in [0.15, 0.2) is 17.2 Å². The van der Waals surface area contributed by atoms with Crippen LogP contribution >= 0.6 is 0 Å². The number of aryl methyl sites for hydroxylation is 1. The molecule has 1 aliphatic rings. The summed E-state index contributed by atoms with van der Waals surface area (Å²) in [6, 6.07) is 17.4. The molecule has 1 aliphatic carbocycles. The molecule has 0 aliphatic heterocycles. The highest BCUT2D eigenvalue weighted by atomic mass is 19.1. The van der Waals surface area contributed by atoms with Gasteiger partial charge in [0, 0.05) is 25.2 Å². The van der Waals surface area contributed by atoms with E-state index in [1.807, 2.05) is 49.5 Å². The van der Waals surface area contributed by atoms with Crippen LogP contribution < -0.4 is 10.1 Å². The second kappa shape index (κ2) is 10.0. The van der Waals surface area contributed by atoms with Crippen LogP contribution in [0.1, 0.15) is 31.7 Å². The molecule has 0 bridgehead atoms. The molecule has 194 valence electrons. The Morgan fingerprint density at radius 1 is 1.13 bits per heavy atom. The Bertz CT molecular complexity index is 1590. The van der Waals surface area contributed by atoms with Crippen LogP contribution in [0, 0.1) is 11.7 Å². The van der Waals surface area contributed by atoms with Crippen LogP contribution in [-0.4, -0.2) is 32.9 Å². The number of benzene rings is 3. The first-order valence-electron chi connectivity index (χ1n) is 13.0. The lowest BCUT2D eigenvalue weighted by Crippen LogP contribution is -2.36. The molecule has 8 heteroatoms. The molecule has 2 aromatic heterocycles. The van der Waals surface area contributed by atoms with Gasteiger partial charge in [-0.15, -0.1) is 10.2 Å². The summed E-state index contributed by atoms with van der Waals surface area (Å²) in [4.78, 5) is 4.77. The maximum atomic E-state index is 15.7. The molecule has 0 spiro atoms. The molecular formula is C30H30FN5O2. The fourth-order valence-electron chi connectivity index (χ4n) is 5.19. The topological polar surface area (TPSA) is 78.0 Å². The lowest BCUT2D eigenvalue weighted by atomic mass is 9.80. The first-order chi connectivity index (χ1) is 18.5. The summed E-state index contributed by atoms with van der Waals surface area (Å²) in [6.07, 6.45) is 5.48. The first-order valence-corrected chi connectivity index (χ1v) is 13.0. The zero-order chi connectivity index (χ0) is 26.2. The fraction of sp³-hybridized carbons (Fsp3) is 0.300. The fourth-order valence-corrected chi connectivity index (χ4v) is 5.19. The Balaban J connectivity index is 1.48. The van der Waals surface area contributed by atoms with Crippen LogP contribution in [0.5, 0.6) is 5.75 Å². The average Bonchev–Trinajstić information content (AvgIpc) is 3.52. The van der Waals surface area contributed by atoms with E-state index in [0.29, 0.717) is 40.8 Å². The number of nitrogens with one attached hydrogen (secondary N) is 1. The van der Waals surface area contributed by atoms with Gasteiger partial charge in [0.25, 0.3) is 0 Å². The highest BCUT2D eigenvalue weighted by Crippen LogP contribution is 2.42. The van der Waals surface area contributed by atoms with Crippen molar-refractivity contribution in [2.24, 2.45) is 13.0 Å². The van der Waals surface area contributed by atoms with Gasteiger partial charge in [0.1, 0.15) is 17.7 Å². The van der Waals surface area contributed by atoms with Crippen molar-refractivity contribution in [1.29, 1.82) is 0 Å². The van der Waals surface area contributed by atoms with Crippen LogP contribution in [0.3, 0.4) is 0 Å². The SMILES string of the molecule is COc1cc(CN[C@@H](C)C2CCC2)cc2nc(-c3c(F)ccc(-c4ccccc4)c3-c3nncn3C)oc12. The van der Waals surface area contributed by atoms with E-state index in [1.165, 1.54) is 25.3 Å². The quantitative estimate of drug-likeness (QED) is 0.260. The van der Waals surface area contributed by atoms with E-state index < -0.39 is 5.82 Å². The number of rotatable bonds is 8. The van der Waals surface area contributed by atoms with Gasteiger partial charge in [-0.25, -0.2) is 9.37 Å².